The zero-order valence-electron chi connectivity index (χ0n) is 9.05. The summed E-state index contributed by atoms with van der Waals surface area (Å²) in [5.41, 5.74) is 0.707. The van der Waals surface area contributed by atoms with Crippen molar-refractivity contribution in [3.8, 4) is 0 Å². The lowest BCUT2D eigenvalue weighted by Crippen LogP contribution is -2.47. The summed E-state index contributed by atoms with van der Waals surface area (Å²) >= 11 is 0. The predicted molar refractivity (Wildman–Crippen MR) is 54.4 cm³/mol. The highest BCUT2D eigenvalue weighted by Gasteiger charge is 2.32. The molecule has 1 atom stereocenters. The van der Waals surface area contributed by atoms with E-state index in [4.69, 9.17) is 0 Å². The third kappa shape index (κ3) is 1.93. The minimum atomic E-state index is 0.0207. The van der Waals surface area contributed by atoms with Crippen LogP contribution in [0.25, 0.3) is 0 Å². The average molecular weight is 181 g/mol. The second-order valence-electron chi connectivity index (χ2n) is 4.82. The summed E-state index contributed by atoms with van der Waals surface area (Å²) in [6, 6.07) is 0. The number of allylic oxidation sites excluding steroid dienone is 1. The minimum Gasteiger partial charge on any atom is -0.364 e. The van der Waals surface area contributed by atoms with E-state index in [0.29, 0.717) is 5.70 Å². The number of nitrogens with zero attached hydrogens (tertiary/aromatic N) is 1. The molecule has 0 saturated carbocycles. The number of hydrogen-bond donors (Lipinski definition) is 0. The summed E-state index contributed by atoms with van der Waals surface area (Å²) in [5, 5.41) is 0. The molecule has 2 nitrogen and oxygen atoms in total. The number of carbonyl (C=O) groups is 1. The van der Waals surface area contributed by atoms with Crippen molar-refractivity contribution >= 4 is 5.78 Å². The lowest BCUT2D eigenvalue weighted by atomic mass is 9.91. The largest absolute Gasteiger partial charge is 0.364 e. The van der Waals surface area contributed by atoms with E-state index in [1.54, 1.807) is 0 Å². The number of rotatable bonds is 0. The number of piperidine rings is 1. The molecule has 74 valence electrons. The summed E-state index contributed by atoms with van der Waals surface area (Å²) in [5.74, 6) is 0.368. The Kier molecular flexibility index (Phi) is 2.51. The zero-order valence-corrected chi connectivity index (χ0v) is 9.05. The van der Waals surface area contributed by atoms with Crippen LogP contribution < -0.4 is 0 Å². The lowest BCUT2D eigenvalue weighted by molar-refractivity contribution is -0.123. The van der Waals surface area contributed by atoms with Crippen molar-refractivity contribution in [3.05, 3.63) is 12.3 Å². The Morgan fingerprint density at radius 2 is 2.00 bits per heavy atom. The standard InChI is InChI=1S/C11H19NO/c1-8-6-7-12(11(3,4)5)9(2)10(8)13/h8H,2,6-7H2,1,3-5H3. The number of carbonyl (C=O) groups excluding carboxylic acids is 1. The van der Waals surface area contributed by atoms with Crippen molar-refractivity contribution in [1.82, 2.24) is 4.90 Å². The van der Waals surface area contributed by atoms with Crippen molar-refractivity contribution in [3.63, 3.8) is 0 Å². The van der Waals surface area contributed by atoms with Gasteiger partial charge in [-0.3, -0.25) is 4.79 Å². The van der Waals surface area contributed by atoms with Crippen LogP contribution in [0.2, 0.25) is 0 Å². The fourth-order valence-corrected chi connectivity index (χ4v) is 1.75. The monoisotopic (exact) mass is 181 g/mol. The second kappa shape index (κ2) is 3.17. The maximum atomic E-state index is 11.6. The molecule has 2 heteroatoms. The molecule has 0 bridgehead atoms. The van der Waals surface area contributed by atoms with E-state index in [1.807, 2.05) is 6.92 Å². The molecule has 1 aliphatic rings. The Labute approximate surface area is 80.6 Å². The van der Waals surface area contributed by atoms with E-state index in [0.717, 1.165) is 13.0 Å². The minimum absolute atomic E-state index is 0.0207. The van der Waals surface area contributed by atoms with E-state index in [9.17, 15) is 4.79 Å². The highest BCUT2D eigenvalue weighted by molar-refractivity contribution is 5.96. The van der Waals surface area contributed by atoms with Crippen LogP contribution in [0.4, 0.5) is 0 Å². The summed E-state index contributed by atoms with van der Waals surface area (Å²) in [4.78, 5) is 13.7. The van der Waals surface area contributed by atoms with E-state index < -0.39 is 0 Å². The lowest BCUT2D eigenvalue weighted by Gasteiger charge is -2.42. The molecule has 0 aliphatic carbocycles. The molecule has 1 fully saturated rings. The quantitative estimate of drug-likeness (QED) is 0.534. The third-order valence-electron chi connectivity index (χ3n) is 2.65. The summed E-state index contributed by atoms with van der Waals surface area (Å²) < 4.78 is 0. The van der Waals surface area contributed by atoms with Crippen molar-refractivity contribution in [2.45, 2.75) is 39.7 Å². The maximum absolute atomic E-state index is 11.6. The van der Waals surface area contributed by atoms with Gasteiger partial charge in [-0.25, -0.2) is 0 Å². The SMILES string of the molecule is C=C1C(=O)C(C)CCN1C(C)(C)C. The van der Waals surface area contributed by atoms with Gasteiger partial charge in [-0.15, -0.1) is 0 Å². The smallest absolute Gasteiger partial charge is 0.181 e. The Hall–Kier alpha value is -0.790. The van der Waals surface area contributed by atoms with Gasteiger partial charge in [-0.05, 0) is 27.2 Å². The molecular weight excluding hydrogens is 162 g/mol. The molecule has 1 rings (SSSR count). The van der Waals surface area contributed by atoms with Gasteiger partial charge >= 0.3 is 0 Å². The summed E-state index contributed by atoms with van der Waals surface area (Å²) in [6.07, 6.45) is 0.953. The number of ketones is 1. The van der Waals surface area contributed by atoms with Crippen molar-refractivity contribution in [2.75, 3.05) is 6.54 Å². The van der Waals surface area contributed by atoms with Crippen LogP contribution >= 0.6 is 0 Å². The van der Waals surface area contributed by atoms with E-state index >= 15 is 0 Å². The molecule has 1 heterocycles. The van der Waals surface area contributed by atoms with Gasteiger partial charge < -0.3 is 4.90 Å². The van der Waals surface area contributed by atoms with Crippen LogP contribution in [-0.4, -0.2) is 22.8 Å². The highest BCUT2D eigenvalue weighted by atomic mass is 16.1. The summed E-state index contributed by atoms with van der Waals surface area (Å²) in [6.45, 7) is 13.1. The van der Waals surface area contributed by atoms with Gasteiger partial charge in [0.05, 0.1) is 5.70 Å². The zero-order chi connectivity index (χ0) is 10.2. The van der Waals surface area contributed by atoms with E-state index in [-0.39, 0.29) is 17.2 Å². The number of hydrogen-bond acceptors (Lipinski definition) is 2. The van der Waals surface area contributed by atoms with E-state index in [1.165, 1.54) is 0 Å². The predicted octanol–water partition coefficient (Wildman–Crippen LogP) is 2.21. The third-order valence-corrected chi connectivity index (χ3v) is 2.65. The topological polar surface area (TPSA) is 20.3 Å². The Bertz CT molecular complexity index is 237. The van der Waals surface area contributed by atoms with Crippen LogP contribution in [0.1, 0.15) is 34.1 Å². The summed E-state index contributed by atoms with van der Waals surface area (Å²) in [7, 11) is 0. The molecule has 0 aromatic carbocycles. The van der Waals surface area contributed by atoms with Gasteiger partial charge in [-0.1, -0.05) is 13.5 Å². The second-order valence-corrected chi connectivity index (χ2v) is 4.82. The van der Waals surface area contributed by atoms with Gasteiger partial charge in [0, 0.05) is 18.0 Å². The van der Waals surface area contributed by atoms with Crippen LogP contribution in [0, 0.1) is 5.92 Å². The van der Waals surface area contributed by atoms with E-state index in [2.05, 4.69) is 32.3 Å². The average Bonchev–Trinajstić information content (AvgIpc) is 1.98. The van der Waals surface area contributed by atoms with Gasteiger partial charge in [0.2, 0.25) is 0 Å². The van der Waals surface area contributed by atoms with Crippen LogP contribution in [0.3, 0.4) is 0 Å². The Morgan fingerprint density at radius 3 is 2.46 bits per heavy atom. The van der Waals surface area contributed by atoms with Crippen LogP contribution in [0.5, 0.6) is 0 Å². The highest BCUT2D eigenvalue weighted by Crippen LogP contribution is 2.27. The van der Waals surface area contributed by atoms with Crippen LogP contribution in [-0.2, 0) is 4.79 Å². The molecule has 0 radical (unpaired) electrons. The van der Waals surface area contributed by atoms with Crippen molar-refractivity contribution in [1.29, 1.82) is 0 Å². The van der Waals surface area contributed by atoms with Gasteiger partial charge in [-0.2, -0.15) is 0 Å². The fraction of sp³-hybridized carbons (Fsp3) is 0.727. The fourth-order valence-electron chi connectivity index (χ4n) is 1.75. The molecule has 0 aromatic rings. The molecular formula is C11H19NO. The van der Waals surface area contributed by atoms with Gasteiger partial charge in [0.25, 0.3) is 0 Å². The molecule has 0 aromatic heterocycles. The molecule has 1 aliphatic heterocycles. The van der Waals surface area contributed by atoms with Gasteiger partial charge in [0.15, 0.2) is 5.78 Å². The Balaban J connectivity index is 2.82. The first kappa shape index (κ1) is 10.3. The van der Waals surface area contributed by atoms with Crippen LogP contribution in [0.15, 0.2) is 12.3 Å². The van der Waals surface area contributed by atoms with Crippen molar-refractivity contribution < 1.29 is 4.79 Å². The number of likely N-dealkylation sites (tertiary alicyclic amines) is 1. The van der Waals surface area contributed by atoms with Crippen molar-refractivity contribution in [2.24, 2.45) is 5.92 Å². The molecule has 0 spiro atoms. The molecule has 0 amide bonds. The first-order valence-corrected chi connectivity index (χ1v) is 4.85. The first-order valence-electron chi connectivity index (χ1n) is 4.85. The maximum Gasteiger partial charge on any atom is 0.181 e. The van der Waals surface area contributed by atoms with Gasteiger partial charge in [0.1, 0.15) is 0 Å². The molecule has 1 unspecified atom stereocenters. The normalized spacial score (nSPS) is 25.2. The first-order chi connectivity index (χ1) is 5.84. The molecule has 13 heavy (non-hydrogen) atoms. The number of Topliss-reactive ketones (excluding diaryl/α,β-unsaturated/α-hetero) is 1. The Morgan fingerprint density at radius 1 is 1.46 bits per heavy atom. The molecule has 0 N–H and O–H groups in total. The molecule has 1 saturated heterocycles.